The van der Waals surface area contributed by atoms with Crippen LogP contribution >= 0.6 is 0 Å². The molecule has 2 heteroatoms. The summed E-state index contributed by atoms with van der Waals surface area (Å²) >= 11 is 0. The molecular formula is C16H26N2. The van der Waals surface area contributed by atoms with Crippen molar-refractivity contribution in [2.24, 2.45) is 5.92 Å². The second kappa shape index (κ2) is 6.89. The van der Waals surface area contributed by atoms with Crippen LogP contribution in [0.15, 0.2) is 18.3 Å². The molecule has 0 aliphatic heterocycles. The van der Waals surface area contributed by atoms with Crippen LogP contribution in [0.25, 0.3) is 0 Å². The van der Waals surface area contributed by atoms with E-state index in [9.17, 15) is 0 Å². The van der Waals surface area contributed by atoms with Gasteiger partial charge in [-0.2, -0.15) is 0 Å². The Morgan fingerprint density at radius 1 is 1.22 bits per heavy atom. The summed E-state index contributed by atoms with van der Waals surface area (Å²) in [5.74, 6) is 0.859. The van der Waals surface area contributed by atoms with Gasteiger partial charge in [0.1, 0.15) is 0 Å². The van der Waals surface area contributed by atoms with Crippen LogP contribution in [0.2, 0.25) is 0 Å². The molecule has 1 saturated carbocycles. The van der Waals surface area contributed by atoms with Crippen LogP contribution in [0.1, 0.15) is 56.7 Å². The Bertz CT molecular complexity index is 337. The Morgan fingerprint density at radius 2 is 1.94 bits per heavy atom. The van der Waals surface area contributed by atoms with Gasteiger partial charge in [-0.05, 0) is 44.2 Å². The van der Waals surface area contributed by atoms with Gasteiger partial charge in [0.05, 0.1) is 5.69 Å². The number of pyridine rings is 1. The SMILES string of the molecule is Cc1ccc(CN[C@@H](C)C2CCCCCC2)nc1. The third-order valence-corrected chi connectivity index (χ3v) is 4.18. The predicted octanol–water partition coefficient (Wildman–Crippen LogP) is 3.84. The van der Waals surface area contributed by atoms with Crippen molar-refractivity contribution in [3.8, 4) is 0 Å². The minimum atomic E-state index is 0.617. The van der Waals surface area contributed by atoms with E-state index in [0.29, 0.717) is 6.04 Å². The maximum absolute atomic E-state index is 4.45. The van der Waals surface area contributed by atoms with Gasteiger partial charge in [-0.15, -0.1) is 0 Å². The Kier molecular flexibility index (Phi) is 5.18. The summed E-state index contributed by atoms with van der Waals surface area (Å²) in [6.07, 6.45) is 10.4. The maximum atomic E-state index is 4.45. The van der Waals surface area contributed by atoms with Gasteiger partial charge >= 0.3 is 0 Å². The number of aryl methyl sites for hydroxylation is 1. The second-order valence-corrected chi connectivity index (χ2v) is 5.75. The van der Waals surface area contributed by atoms with Crippen molar-refractivity contribution in [1.82, 2.24) is 10.3 Å². The van der Waals surface area contributed by atoms with Crippen LogP contribution in [-0.2, 0) is 6.54 Å². The quantitative estimate of drug-likeness (QED) is 0.817. The lowest BCUT2D eigenvalue weighted by atomic mass is 9.93. The third kappa shape index (κ3) is 4.09. The highest BCUT2D eigenvalue weighted by atomic mass is 14.9. The topological polar surface area (TPSA) is 24.9 Å². The minimum Gasteiger partial charge on any atom is -0.308 e. The molecule has 0 spiro atoms. The lowest BCUT2D eigenvalue weighted by Gasteiger charge is -2.23. The van der Waals surface area contributed by atoms with Crippen molar-refractivity contribution in [2.45, 2.75) is 65.0 Å². The van der Waals surface area contributed by atoms with Crippen molar-refractivity contribution in [3.05, 3.63) is 29.6 Å². The Labute approximate surface area is 111 Å². The first kappa shape index (κ1) is 13.5. The van der Waals surface area contributed by atoms with Gasteiger partial charge in [0.25, 0.3) is 0 Å². The Balaban J connectivity index is 1.79. The van der Waals surface area contributed by atoms with Crippen LogP contribution < -0.4 is 5.32 Å². The maximum Gasteiger partial charge on any atom is 0.0541 e. The first-order valence-corrected chi connectivity index (χ1v) is 7.40. The van der Waals surface area contributed by atoms with E-state index in [1.807, 2.05) is 6.20 Å². The first-order valence-electron chi connectivity index (χ1n) is 7.40. The minimum absolute atomic E-state index is 0.617. The zero-order valence-electron chi connectivity index (χ0n) is 11.8. The van der Waals surface area contributed by atoms with E-state index in [-0.39, 0.29) is 0 Å². The molecule has 0 radical (unpaired) electrons. The summed E-state index contributed by atoms with van der Waals surface area (Å²) in [4.78, 5) is 4.45. The van der Waals surface area contributed by atoms with Crippen LogP contribution in [0.3, 0.4) is 0 Å². The molecule has 0 amide bonds. The highest BCUT2D eigenvalue weighted by Gasteiger charge is 2.18. The molecule has 1 aliphatic carbocycles. The molecular weight excluding hydrogens is 220 g/mol. The fourth-order valence-electron chi connectivity index (χ4n) is 2.85. The molecule has 1 aromatic heterocycles. The van der Waals surface area contributed by atoms with Crippen molar-refractivity contribution >= 4 is 0 Å². The zero-order chi connectivity index (χ0) is 12.8. The average Bonchev–Trinajstić information content (AvgIpc) is 2.66. The van der Waals surface area contributed by atoms with Crippen LogP contribution in [0.4, 0.5) is 0 Å². The summed E-state index contributed by atoms with van der Waals surface area (Å²) in [5, 5.41) is 3.65. The van der Waals surface area contributed by atoms with Gasteiger partial charge in [0, 0.05) is 18.8 Å². The highest BCUT2D eigenvalue weighted by Crippen LogP contribution is 2.25. The smallest absolute Gasteiger partial charge is 0.0541 e. The van der Waals surface area contributed by atoms with Crippen LogP contribution in [0, 0.1) is 12.8 Å². The van der Waals surface area contributed by atoms with E-state index >= 15 is 0 Å². The molecule has 1 N–H and O–H groups in total. The summed E-state index contributed by atoms with van der Waals surface area (Å²) < 4.78 is 0. The van der Waals surface area contributed by atoms with Gasteiger partial charge in [-0.25, -0.2) is 0 Å². The molecule has 2 rings (SSSR count). The van der Waals surface area contributed by atoms with E-state index in [1.165, 1.54) is 44.1 Å². The molecule has 1 atom stereocenters. The van der Waals surface area contributed by atoms with Gasteiger partial charge in [-0.3, -0.25) is 4.98 Å². The van der Waals surface area contributed by atoms with Gasteiger partial charge in [0.15, 0.2) is 0 Å². The number of aromatic nitrogens is 1. The normalized spacial score (nSPS) is 19.4. The lowest BCUT2D eigenvalue weighted by molar-refractivity contribution is 0.335. The van der Waals surface area contributed by atoms with Gasteiger partial charge in [0.2, 0.25) is 0 Å². The predicted molar refractivity (Wildman–Crippen MR) is 76.5 cm³/mol. The van der Waals surface area contributed by atoms with E-state index in [0.717, 1.165) is 18.2 Å². The molecule has 0 aromatic carbocycles. The molecule has 1 aromatic rings. The van der Waals surface area contributed by atoms with Gasteiger partial charge < -0.3 is 5.32 Å². The third-order valence-electron chi connectivity index (χ3n) is 4.18. The van der Waals surface area contributed by atoms with E-state index in [4.69, 9.17) is 0 Å². The molecule has 1 heterocycles. The molecule has 2 nitrogen and oxygen atoms in total. The summed E-state index contributed by atoms with van der Waals surface area (Å²) in [6, 6.07) is 4.88. The number of hydrogen-bond acceptors (Lipinski definition) is 2. The van der Waals surface area contributed by atoms with Crippen LogP contribution in [-0.4, -0.2) is 11.0 Å². The Morgan fingerprint density at radius 3 is 2.56 bits per heavy atom. The summed E-state index contributed by atoms with van der Waals surface area (Å²) in [6.45, 7) is 5.32. The fraction of sp³-hybridized carbons (Fsp3) is 0.688. The molecule has 0 saturated heterocycles. The fourth-order valence-corrected chi connectivity index (χ4v) is 2.85. The Hall–Kier alpha value is -0.890. The summed E-state index contributed by atoms with van der Waals surface area (Å²) in [7, 11) is 0. The number of hydrogen-bond donors (Lipinski definition) is 1. The largest absolute Gasteiger partial charge is 0.308 e. The van der Waals surface area contributed by atoms with Crippen molar-refractivity contribution < 1.29 is 0 Å². The average molecular weight is 246 g/mol. The zero-order valence-corrected chi connectivity index (χ0v) is 11.8. The summed E-state index contributed by atoms with van der Waals surface area (Å²) in [5.41, 5.74) is 2.39. The van der Waals surface area contributed by atoms with E-state index in [2.05, 4.69) is 36.3 Å². The van der Waals surface area contributed by atoms with Crippen molar-refractivity contribution in [1.29, 1.82) is 0 Å². The van der Waals surface area contributed by atoms with Crippen molar-refractivity contribution in [2.75, 3.05) is 0 Å². The highest BCUT2D eigenvalue weighted by molar-refractivity contribution is 5.12. The second-order valence-electron chi connectivity index (χ2n) is 5.75. The van der Waals surface area contributed by atoms with Crippen LogP contribution in [0.5, 0.6) is 0 Å². The van der Waals surface area contributed by atoms with Crippen molar-refractivity contribution in [3.63, 3.8) is 0 Å². The molecule has 1 aliphatic rings. The molecule has 1 fully saturated rings. The molecule has 100 valence electrons. The lowest BCUT2D eigenvalue weighted by Crippen LogP contribution is -2.33. The molecule has 0 bridgehead atoms. The molecule has 0 unspecified atom stereocenters. The standard InChI is InChI=1S/C16H26N2/c1-13-9-10-16(18-11-13)12-17-14(2)15-7-5-3-4-6-8-15/h9-11,14-15,17H,3-8,12H2,1-2H3/t14-/m0/s1. The van der Waals surface area contributed by atoms with E-state index in [1.54, 1.807) is 0 Å². The number of nitrogens with one attached hydrogen (secondary N) is 1. The first-order chi connectivity index (χ1) is 8.75. The number of nitrogens with zero attached hydrogens (tertiary/aromatic N) is 1. The van der Waals surface area contributed by atoms with Gasteiger partial charge in [-0.1, -0.05) is 31.7 Å². The number of rotatable bonds is 4. The monoisotopic (exact) mass is 246 g/mol. The van der Waals surface area contributed by atoms with E-state index < -0.39 is 0 Å². The molecule has 18 heavy (non-hydrogen) atoms.